The second kappa shape index (κ2) is 14.8. The molecule has 300 valence electrons. The maximum Gasteiger partial charge on any atom is 0.262 e. The zero-order valence-corrected chi connectivity index (χ0v) is 33.8. The lowest BCUT2D eigenvalue weighted by atomic mass is 9.76. The summed E-state index contributed by atoms with van der Waals surface area (Å²) in [6, 6.07) is 15.1. The number of carbonyl (C=O) groups excluding carboxylic acids is 5. The van der Waals surface area contributed by atoms with Gasteiger partial charge in [0.25, 0.3) is 17.7 Å². The first-order valence-corrected chi connectivity index (χ1v) is 21.0. The Balaban J connectivity index is 0.748. The van der Waals surface area contributed by atoms with Crippen molar-refractivity contribution in [1.82, 2.24) is 20.0 Å². The van der Waals surface area contributed by atoms with Crippen LogP contribution in [0.2, 0.25) is 5.02 Å². The molecule has 12 nitrogen and oxygen atoms in total. The highest BCUT2D eigenvalue weighted by Gasteiger charge is 2.46. The molecule has 2 atom stereocenters. The van der Waals surface area contributed by atoms with Crippen molar-refractivity contribution in [3.8, 4) is 0 Å². The Hall–Kier alpha value is -5.25. The molecule has 58 heavy (non-hydrogen) atoms. The average molecular weight is 802 g/mol. The van der Waals surface area contributed by atoms with Crippen molar-refractivity contribution in [1.29, 1.82) is 0 Å². The third-order valence-electron chi connectivity index (χ3n) is 13.8. The number of hydrogen-bond acceptors (Lipinski definition) is 8. The third kappa shape index (κ3) is 6.72. The van der Waals surface area contributed by atoms with Crippen LogP contribution in [-0.2, 0) is 22.7 Å². The number of anilines is 2. The van der Waals surface area contributed by atoms with Crippen molar-refractivity contribution in [2.75, 3.05) is 49.1 Å². The van der Waals surface area contributed by atoms with Crippen LogP contribution < -0.4 is 15.1 Å². The summed E-state index contributed by atoms with van der Waals surface area (Å²) in [6.07, 6.45) is 5.40. The minimum absolute atomic E-state index is 0.0752. The summed E-state index contributed by atoms with van der Waals surface area (Å²) in [5.74, 6) is -1.43. The van der Waals surface area contributed by atoms with E-state index in [2.05, 4.69) is 50.0 Å². The highest BCUT2D eigenvalue weighted by Crippen LogP contribution is 2.47. The van der Waals surface area contributed by atoms with Gasteiger partial charge in [0.15, 0.2) is 0 Å². The molecule has 3 aromatic rings. The molecule has 1 N–H and O–H groups in total. The molecule has 6 aliphatic heterocycles. The molecule has 6 heterocycles. The smallest absolute Gasteiger partial charge is 0.262 e. The number of rotatable bonds is 6. The molecule has 3 aromatic carbocycles. The summed E-state index contributed by atoms with van der Waals surface area (Å²) in [5, 5.41) is 2.81. The SMILES string of the molecule is [C-]#[N+]c1ccc(N2CC3(CCN(c4ccc(C(=O)N5CCC(CN6Cc7cc8c(cc7C6)C(=O)N(C6CCC(=O)NC6=O)C8=O)CC5)cc4)CC3)C[C@@H]2C)c(C)c1Cl. The number of amides is 5. The number of imide groups is 2. The Labute approximate surface area is 343 Å². The van der Waals surface area contributed by atoms with E-state index in [1.807, 2.05) is 42.2 Å². The van der Waals surface area contributed by atoms with Gasteiger partial charge in [-0.25, -0.2) is 4.85 Å². The fourth-order valence-electron chi connectivity index (χ4n) is 10.5. The van der Waals surface area contributed by atoms with Gasteiger partial charge >= 0.3 is 0 Å². The predicted octanol–water partition coefficient (Wildman–Crippen LogP) is 6.35. The summed E-state index contributed by atoms with van der Waals surface area (Å²) < 4.78 is 0. The van der Waals surface area contributed by atoms with Gasteiger partial charge in [0.05, 0.1) is 22.7 Å². The molecule has 0 bridgehead atoms. The van der Waals surface area contributed by atoms with Gasteiger partial charge in [-0.2, -0.15) is 0 Å². The van der Waals surface area contributed by atoms with Crippen LogP contribution >= 0.6 is 11.6 Å². The van der Waals surface area contributed by atoms with Gasteiger partial charge in [-0.05, 0) is 123 Å². The first-order valence-electron chi connectivity index (χ1n) is 20.6. The molecule has 5 amide bonds. The van der Waals surface area contributed by atoms with Gasteiger partial charge in [0, 0.05) is 81.8 Å². The molecule has 1 spiro atoms. The minimum atomic E-state index is -0.967. The number of nitrogens with one attached hydrogen (secondary N) is 1. The molecule has 9 rings (SSSR count). The molecule has 1 unspecified atom stereocenters. The fourth-order valence-corrected chi connectivity index (χ4v) is 10.8. The van der Waals surface area contributed by atoms with Gasteiger partial charge in [-0.3, -0.25) is 39.1 Å². The average Bonchev–Trinajstić information content (AvgIpc) is 3.84. The fraction of sp³-hybridized carbons (Fsp3) is 0.467. The molecule has 0 aromatic heterocycles. The first-order chi connectivity index (χ1) is 27.9. The molecule has 0 aliphatic carbocycles. The summed E-state index contributed by atoms with van der Waals surface area (Å²) in [4.78, 5) is 78.2. The van der Waals surface area contributed by atoms with Crippen molar-refractivity contribution in [3.63, 3.8) is 0 Å². The van der Waals surface area contributed by atoms with Gasteiger partial charge in [-0.15, -0.1) is 0 Å². The van der Waals surface area contributed by atoms with Gasteiger partial charge in [0.1, 0.15) is 6.04 Å². The first kappa shape index (κ1) is 38.3. The number of nitrogens with zero attached hydrogens (tertiary/aromatic N) is 6. The van der Waals surface area contributed by atoms with Crippen molar-refractivity contribution in [2.45, 2.75) is 84.0 Å². The molecule has 0 radical (unpaired) electrons. The maximum atomic E-state index is 13.6. The quantitative estimate of drug-likeness (QED) is 0.227. The van der Waals surface area contributed by atoms with E-state index in [0.29, 0.717) is 60.0 Å². The lowest BCUT2D eigenvalue weighted by Crippen LogP contribution is -2.54. The summed E-state index contributed by atoms with van der Waals surface area (Å²) >= 11 is 6.55. The van der Waals surface area contributed by atoms with Crippen LogP contribution in [-0.4, -0.2) is 95.6 Å². The maximum absolute atomic E-state index is 13.6. The second-order valence-corrected chi connectivity index (χ2v) is 17.8. The van der Waals surface area contributed by atoms with Crippen molar-refractivity contribution < 1.29 is 24.0 Å². The van der Waals surface area contributed by atoms with Gasteiger partial charge in [0.2, 0.25) is 17.5 Å². The zero-order chi connectivity index (χ0) is 40.5. The van der Waals surface area contributed by atoms with Gasteiger partial charge < -0.3 is 14.7 Å². The van der Waals surface area contributed by atoms with E-state index in [9.17, 15) is 24.0 Å². The zero-order valence-electron chi connectivity index (χ0n) is 33.1. The van der Waals surface area contributed by atoms with Crippen LogP contribution in [0, 0.1) is 24.8 Å². The van der Waals surface area contributed by atoms with E-state index < -0.39 is 23.8 Å². The van der Waals surface area contributed by atoms with E-state index >= 15 is 0 Å². The molecular weight excluding hydrogens is 754 g/mol. The number of halogens is 1. The van der Waals surface area contributed by atoms with E-state index in [-0.39, 0.29) is 30.1 Å². The van der Waals surface area contributed by atoms with Crippen molar-refractivity contribution in [2.24, 2.45) is 11.3 Å². The van der Waals surface area contributed by atoms with Crippen LogP contribution in [0.5, 0.6) is 0 Å². The number of benzene rings is 3. The highest BCUT2D eigenvalue weighted by atomic mass is 35.5. The minimum Gasteiger partial charge on any atom is -0.371 e. The number of carbonyl (C=O) groups is 5. The summed E-state index contributed by atoms with van der Waals surface area (Å²) in [6.45, 7) is 18.3. The lowest BCUT2D eigenvalue weighted by molar-refractivity contribution is -0.136. The third-order valence-corrected chi connectivity index (χ3v) is 14.3. The lowest BCUT2D eigenvalue weighted by Gasteiger charge is -2.40. The molecule has 4 fully saturated rings. The molecule has 13 heteroatoms. The Morgan fingerprint density at radius 1 is 0.914 bits per heavy atom. The van der Waals surface area contributed by atoms with Crippen LogP contribution in [0.15, 0.2) is 48.5 Å². The summed E-state index contributed by atoms with van der Waals surface area (Å²) in [5.41, 5.74) is 7.45. The standard InChI is InChI=1S/C45H48ClN7O5/c1-27-22-45(26-52(27)37-9-8-36(47-3)40(46)28(37)2)14-18-50(19-15-45)33-6-4-30(5-7-33)42(56)51-16-12-29(13-17-51)23-49-24-31-20-34-35(21-32(31)25-49)44(58)53(43(34)57)38-10-11-39(54)48-41(38)55/h4-9,20-21,27,29,38H,10-19,22-26H2,1-2H3,(H,48,54,55)/t27-,38?/m0/s1. The van der Waals surface area contributed by atoms with Crippen molar-refractivity contribution in [3.05, 3.63) is 98.4 Å². The number of fused-ring (bicyclic) bond motifs is 2. The Morgan fingerprint density at radius 2 is 1.57 bits per heavy atom. The largest absolute Gasteiger partial charge is 0.371 e. The monoisotopic (exact) mass is 801 g/mol. The number of piperidine rings is 3. The predicted molar refractivity (Wildman–Crippen MR) is 220 cm³/mol. The molecular formula is C45H48ClN7O5. The van der Waals surface area contributed by atoms with Crippen molar-refractivity contribution >= 4 is 58.2 Å². The molecule has 6 aliphatic rings. The van der Waals surface area contributed by atoms with E-state index in [0.717, 1.165) is 96.8 Å². The van der Waals surface area contributed by atoms with Crippen LogP contribution in [0.25, 0.3) is 4.85 Å². The number of hydrogen-bond donors (Lipinski definition) is 1. The Morgan fingerprint density at radius 3 is 2.19 bits per heavy atom. The molecule has 4 saturated heterocycles. The Bertz CT molecular complexity index is 2230. The van der Waals surface area contributed by atoms with E-state index in [1.165, 1.54) is 0 Å². The number of likely N-dealkylation sites (tertiary alicyclic amines) is 1. The van der Waals surface area contributed by atoms with Crippen LogP contribution in [0.3, 0.4) is 0 Å². The van der Waals surface area contributed by atoms with Gasteiger partial charge in [-0.1, -0.05) is 17.7 Å². The molecule has 0 saturated carbocycles. The highest BCUT2D eigenvalue weighted by molar-refractivity contribution is 6.34. The van der Waals surface area contributed by atoms with E-state index in [1.54, 1.807) is 0 Å². The van der Waals surface area contributed by atoms with Crippen LogP contribution in [0.1, 0.15) is 99.6 Å². The normalized spacial score (nSPS) is 23.4. The topological polar surface area (TPSA) is 118 Å². The van der Waals surface area contributed by atoms with E-state index in [4.69, 9.17) is 18.2 Å². The second-order valence-electron chi connectivity index (χ2n) is 17.4. The Kier molecular flexibility index (Phi) is 9.80. The summed E-state index contributed by atoms with van der Waals surface area (Å²) in [7, 11) is 0. The van der Waals surface area contributed by atoms with Crippen LogP contribution in [0.4, 0.5) is 17.1 Å².